The van der Waals surface area contributed by atoms with E-state index < -0.39 is 30.0 Å². The Kier molecular flexibility index (Phi) is 3.59. The van der Waals surface area contributed by atoms with Crippen LogP contribution in [0.25, 0.3) is 0 Å². The van der Waals surface area contributed by atoms with Gasteiger partial charge in [-0.25, -0.2) is 13.2 Å². The van der Waals surface area contributed by atoms with Crippen LogP contribution in [0.4, 0.5) is 13.2 Å². The van der Waals surface area contributed by atoms with E-state index in [-0.39, 0.29) is 5.02 Å². The first-order valence-electron chi connectivity index (χ1n) is 4.08. The predicted octanol–water partition coefficient (Wildman–Crippen LogP) is 2.11. The molecule has 15 heavy (non-hydrogen) atoms. The second-order valence-electron chi connectivity index (χ2n) is 3.04. The molecule has 0 bridgehead atoms. The van der Waals surface area contributed by atoms with E-state index in [1.165, 1.54) is 12.1 Å². The number of benzene rings is 1. The van der Waals surface area contributed by atoms with Crippen molar-refractivity contribution in [2.45, 2.75) is 12.0 Å². The molecule has 3 N–H and O–H groups in total. The lowest BCUT2D eigenvalue weighted by molar-refractivity contribution is -0.0718. The van der Waals surface area contributed by atoms with Crippen LogP contribution < -0.4 is 5.73 Å². The molecule has 1 aromatic rings. The van der Waals surface area contributed by atoms with Crippen LogP contribution in [0.1, 0.15) is 11.6 Å². The zero-order chi connectivity index (χ0) is 11.6. The Morgan fingerprint density at radius 3 is 2.60 bits per heavy atom. The average Bonchev–Trinajstić information content (AvgIpc) is 2.21. The van der Waals surface area contributed by atoms with E-state index in [1.807, 2.05) is 0 Å². The summed E-state index contributed by atoms with van der Waals surface area (Å²) in [6.07, 6.45) is 0. The number of rotatable bonds is 3. The predicted molar refractivity (Wildman–Crippen MR) is 50.4 cm³/mol. The highest BCUT2D eigenvalue weighted by molar-refractivity contribution is 6.30. The summed E-state index contributed by atoms with van der Waals surface area (Å²) in [5.41, 5.74) is 4.73. The largest absolute Gasteiger partial charge is 0.390 e. The van der Waals surface area contributed by atoms with E-state index in [0.717, 1.165) is 6.07 Å². The molecule has 0 spiro atoms. The molecule has 0 saturated heterocycles. The molecule has 0 aliphatic carbocycles. The van der Waals surface area contributed by atoms with Crippen molar-refractivity contribution >= 4 is 11.6 Å². The first-order valence-corrected chi connectivity index (χ1v) is 4.46. The SMILES string of the molecule is N[C@H](c1cccc(Cl)c1F)C(F)(F)CO. The molecule has 0 fully saturated rings. The van der Waals surface area contributed by atoms with Gasteiger partial charge in [0.1, 0.15) is 12.4 Å². The van der Waals surface area contributed by atoms with E-state index in [9.17, 15) is 13.2 Å². The second kappa shape index (κ2) is 4.38. The van der Waals surface area contributed by atoms with Gasteiger partial charge in [0.05, 0.1) is 11.1 Å². The smallest absolute Gasteiger partial charge is 0.289 e. The fourth-order valence-corrected chi connectivity index (χ4v) is 1.27. The minimum atomic E-state index is -3.58. The van der Waals surface area contributed by atoms with E-state index >= 15 is 0 Å². The summed E-state index contributed by atoms with van der Waals surface area (Å²) in [6, 6.07) is 1.73. The highest BCUT2D eigenvalue weighted by Crippen LogP contribution is 2.32. The van der Waals surface area contributed by atoms with E-state index in [1.54, 1.807) is 0 Å². The minimum absolute atomic E-state index is 0.281. The van der Waals surface area contributed by atoms with Crippen LogP contribution in [0, 0.1) is 5.82 Å². The lowest BCUT2D eigenvalue weighted by Crippen LogP contribution is -2.36. The number of aliphatic hydroxyl groups is 1. The van der Waals surface area contributed by atoms with Crippen molar-refractivity contribution in [2.75, 3.05) is 6.61 Å². The van der Waals surface area contributed by atoms with Crippen LogP contribution in [0.3, 0.4) is 0 Å². The van der Waals surface area contributed by atoms with Crippen molar-refractivity contribution in [3.63, 3.8) is 0 Å². The van der Waals surface area contributed by atoms with E-state index in [4.69, 9.17) is 22.4 Å². The summed E-state index contributed by atoms with van der Waals surface area (Å²) >= 11 is 5.41. The van der Waals surface area contributed by atoms with Gasteiger partial charge in [0.2, 0.25) is 0 Å². The highest BCUT2D eigenvalue weighted by atomic mass is 35.5. The van der Waals surface area contributed by atoms with Crippen LogP contribution in [-0.4, -0.2) is 17.6 Å². The molecular weight excluding hydrogens is 231 g/mol. The number of aliphatic hydroxyl groups excluding tert-OH is 1. The Hall–Kier alpha value is -0.780. The van der Waals surface area contributed by atoms with Gasteiger partial charge in [0, 0.05) is 5.56 Å². The van der Waals surface area contributed by atoms with Crippen LogP contribution in [0.15, 0.2) is 18.2 Å². The molecule has 0 radical (unpaired) electrons. The number of hydrogen-bond acceptors (Lipinski definition) is 2. The van der Waals surface area contributed by atoms with Crippen molar-refractivity contribution in [1.29, 1.82) is 0 Å². The molecule has 0 aliphatic heterocycles. The monoisotopic (exact) mass is 239 g/mol. The summed E-state index contributed by atoms with van der Waals surface area (Å²) in [5.74, 6) is -4.56. The quantitative estimate of drug-likeness (QED) is 0.849. The maximum absolute atomic E-state index is 13.3. The summed E-state index contributed by atoms with van der Waals surface area (Å²) in [6.45, 7) is -1.44. The third kappa shape index (κ3) is 2.42. The third-order valence-corrected chi connectivity index (χ3v) is 2.27. The summed E-state index contributed by atoms with van der Waals surface area (Å²) < 4.78 is 39.2. The molecule has 0 saturated carbocycles. The number of halogens is 4. The Morgan fingerprint density at radius 1 is 1.47 bits per heavy atom. The van der Waals surface area contributed by atoms with Gasteiger partial charge in [-0.3, -0.25) is 0 Å². The van der Waals surface area contributed by atoms with Crippen LogP contribution in [0.2, 0.25) is 5.02 Å². The lowest BCUT2D eigenvalue weighted by atomic mass is 10.0. The molecule has 0 unspecified atom stereocenters. The molecule has 6 heteroatoms. The molecule has 0 heterocycles. The molecule has 0 amide bonds. The van der Waals surface area contributed by atoms with Crippen LogP contribution >= 0.6 is 11.6 Å². The van der Waals surface area contributed by atoms with Crippen molar-refractivity contribution < 1.29 is 18.3 Å². The number of nitrogens with two attached hydrogens (primary N) is 1. The molecule has 0 aliphatic rings. The minimum Gasteiger partial charge on any atom is -0.390 e. The van der Waals surface area contributed by atoms with Crippen molar-refractivity contribution in [2.24, 2.45) is 5.73 Å². The fourth-order valence-electron chi connectivity index (χ4n) is 1.09. The maximum atomic E-state index is 13.3. The molecule has 2 nitrogen and oxygen atoms in total. The topological polar surface area (TPSA) is 46.2 Å². The molecular formula is C9H9ClF3NO. The van der Waals surface area contributed by atoms with Gasteiger partial charge in [0.15, 0.2) is 0 Å². The fraction of sp³-hybridized carbons (Fsp3) is 0.333. The zero-order valence-corrected chi connectivity index (χ0v) is 8.31. The van der Waals surface area contributed by atoms with E-state index in [0.29, 0.717) is 0 Å². The third-order valence-electron chi connectivity index (χ3n) is 1.98. The summed E-state index contributed by atoms with van der Waals surface area (Å²) in [4.78, 5) is 0. The Balaban J connectivity index is 3.12. The van der Waals surface area contributed by atoms with Crippen LogP contribution in [-0.2, 0) is 0 Å². The molecule has 84 valence electrons. The van der Waals surface area contributed by atoms with Gasteiger partial charge in [-0.2, -0.15) is 0 Å². The molecule has 1 aromatic carbocycles. The van der Waals surface area contributed by atoms with Gasteiger partial charge in [-0.05, 0) is 6.07 Å². The zero-order valence-electron chi connectivity index (χ0n) is 7.55. The average molecular weight is 240 g/mol. The van der Waals surface area contributed by atoms with Gasteiger partial charge in [0.25, 0.3) is 5.92 Å². The Bertz CT molecular complexity index is 359. The molecule has 1 atom stereocenters. The summed E-state index contributed by atoms with van der Waals surface area (Å²) in [5, 5.41) is 8.12. The van der Waals surface area contributed by atoms with Crippen molar-refractivity contribution in [3.05, 3.63) is 34.6 Å². The van der Waals surface area contributed by atoms with Crippen LogP contribution in [0.5, 0.6) is 0 Å². The molecule has 0 aromatic heterocycles. The molecule has 1 rings (SSSR count). The second-order valence-corrected chi connectivity index (χ2v) is 3.45. The standard InChI is InChI=1S/C9H9ClF3NO/c10-6-3-1-2-5(7(6)11)8(14)9(12,13)4-15/h1-3,8,15H,4,14H2/t8-/m1/s1. The first-order chi connectivity index (χ1) is 6.90. The van der Waals surface area contributed by atoms with Gasteiger partial charge in [-0.1, -0.05) is 23.7 Å². The van der Waals surface area contributed by atoms with Gasteiger partial charge < -0.3 is 10.8 Å². The van der Waals surface area contributed by atoms with Crippen molar-refractivity contribution in [3.8, 4) is 0 Å². The van der Waals surface area contributed by atoms with Gasteiger partial charge >= 0.3 is 0 Å². The normalized spacial score (nSPS) is 14.0. The van der Waals surface area contributed by atoms with Crippen molar-refractivity contribution in [1.82, 2.24) is 0 Å². The maximum Gasteiger partial charge on any atom is 0.289 e. The number of hydrogen-bond donors (Lipinski definition) is 2. The lowest BCUT2D eigenvalue weighted by Gasteiger charge is -2.22. The Morgan fingerprint density at radius 2 is 2.07 bits per heavy atom. The van der Waals surface area contributed by atoms with E-state index in [2.05, 4.69) is 0 Å². The first kappa shape index (κ1) is 12.3. The summed E-state index contributed by atoms with van der Waals surface area (Å²) in [7, 11) is 0. The number of alkyl halides is 2. The van der Waals surface area contributed by atoms with Gasteiger partial charge in [-0.15, -0.1) is 0 Å². The highest BCUT2D eigenvalue weighted by Gasteiger charge is 2.38. The Labute approximate surface area is 89.5 Å².